The Bertz CT molecular complexity index is 456. The first-order valence-electron chi connectivity index (χ1n) is 7.08. The molecule has 0 spiro atoms. The third-order valence-electron chi connectivity index (χ3n) is 3.84. The van der Waals surface area contributed by atoms with Crippen LogP contribution in [-0.2, 0) is 6.54 Å². The Balaban J connectivity index is 1.77. The predicted octanol–water partition coefficient (Wildman–Crippen LogP) is 2.54. The molecule has 0 amide bonds. The molecule has 0 bridgehead atoms. The molecular weight excluding hydrogens is 258 g/mol. The minimum atomic E-state index is -0.509. The van der Waals surface area contributed by atoms with Crippen molar-refractivity contribution in [2.24, 2.45) is 0 Å². The SMILES string of the molecule is CC(C)(C)N1CCC(NCc2ccc([N+](=O)[O-])o2)CC1. The zero-order valence-electron chi connectivity index (χ0n) is 12.4. The number of nitro groups is 1. The molecule has 2 rings (SSSR count). The smallest absolute Gasteiger partial charge is 0.404 e. The van der Waals surface area contributed by atoms with Gasteiger partial charge in [0.25, 0.3) is 0 Å². The maximum absolute atomic E-state index is 10.5. The zero-order chi connectivity index (χ0) is 14.8. The van der Waals surface area contributed by atoms with E-state index in [2.05, 4.69) is 31.0 Å². The molecule has 6 heteroatoms. The lowest BCUT2D eigenvalue weighted by atomic mass is 9.98. The third-order valence-corrected chi connectivity index (χ3v) is 3.84. The van der Waals surface area contributed by atoms with Crippen LogP contribution in [0.1, 0.15) is 39.4 Å². The summed E-state index contributed by atoms with van der Waals surface area (Å²) in [5.41, 5.74) is 0.229. The van der Waals surface area contributed by atoms with E-state index < -0.39 is 4.92 Å². The Labute approximate surface area is 119 Å². The first-order chi connectivity index (χ1) is 9.36. The average molecular weight is 281 g/mol. The lowest BCUT2D eigenvalue weighted by molar-refractivity contribution is -0.402. The molecule has 1 aliphatic rings. The first kappa shape index (κ1) is 15.0. The van der Waals surface area contributed by atoms with E-state index in [1.54, 1.807) is 6.07 Å². The second-order valence-corrected chi connectivity index (χ2v) is 6.31. The molecule has 0 atom stereocenters. The van der Waals surface area contributed by atoms with E-state index in [4.69, 9.17) is 4.42 Å². The number of hydrogen-bond donors (Lipinski definition) is 1. The van der Waals surface area contributed by atoms with Crippen molar-refractivity contribution in [3.8, 4) is 0 Å². The van der Waals surface area contributed by atoms with Gasteiger partial charge in [-0.3, -0.25) is 15.0 Å². The molecule has 1 saturated heterocycles. The quantitative estimate of drug-likeness (QED) is 0.678. The normalized spacial score (nSPS) is 18.4. The fourth-order valence-electron chi connectivity index (χ4n) is 2.56. The van der Waals surface area contributed by atoms with Crippen LogP contribution in [0.3, 0.4) is 0 Å². The highest BCUT2D eigenvalue weighted by Crippen LogP contribution is 2.21. The summed E-state index contributed by atoms with van der Waals surface area (Å²) in [5.74, 6) is 0.430. The van der Waals surface area contributed by atoms with Crippen LogP contribution in [-0.4, -0.2) is 34.5 Å². The maximum atomic E-state index is 10.5. The molecule has 0 saturated carbocycles. The van der Waals surface area contributed by atoms with E-state index in [9.17, 15) is 10.1 Å². The largest absolute Gasteiger partial charge is 0.433 e. The fourth-order valence-corrected chi connectivity index (χ4v) is 2.56. The van der Waals surface area contributed by atoms with Gasteiger partial charge in [-0.25, -0.2) is 0 Å². The van der Waals surface area contributed by atoms with Gasteiger partial charge in [0.15, 0.2) is 0 Å². The lowest BCUT2D eigenvalue weighted by Crippen LogP contribution is -2.49. The van der Waals surface area contributed by atoms with Crippen molar-refractivity contribution in [3.63, 3.8) is 0 Å². The van der Waals surface area contributed by atoms with Gasteiger partial charge in [-0.15, -0.1) is 0 Å². The number of nitrogens with zero attached hydrogens (tertiary/aromatic N) is 2. The van der Waals surface area contributed by atoms with Gasteiger partial charge >= 0.3 is 5.88 Å². The predicted molar refractivity (Wildman–Crippen MR) is 76.6 cm³/mol. The van der Waals surface area contributed by atoms with Crippen molar-refractivity contribution in [2.45, 2.75) is 51.7 Å². The standard InChI is InChI=1S/C14H23N3O3/c1-14(2,3)16-8-6-11(7-9-16)15-10-12-4-5-13(20-12)17(18)19/h4-5,11,15H,6-10H2,1-3H3. The molecule has 0 radical (unpaired) electrons. The molecular formula is C14H23N3O3. The molecule has 1 aliphatic heterocycles. The van der Waals surface area contributed by atoms with E-state index in [0.717, 1.165) is 25.9 Å². The molecule has 1 fully saturated rings. The van der Waals surface area contributed by atoms with Gasteiger partial charge in [-0.05, 0) is 39.7 Å². The topological polar surface area (TPSA) is 71.5 Å². The zero-order valence-corrected chi connectivity index (χ0v) is 12.4. The van der Waals surface area contributed by atoms with Crippen LogP contribution in [0.2, 0.25) is 0 Å². The Morgan fingerprint density at radius 2 is 2.05 bits per heavy atom. The van der Waals surface area contributed by atoms with E-state index >= 15 is 0 Å². The number of furan rings is 1. The van der Waals surface area contributed by atoms with Crippen LogP contribution in [0.4, 0.5) is 5.88 Å². The molecule has 0 aliphatic carbocycles. The summed E-state index contributed by atoms with van der Waals surface area (Å²) in [6, 6.07) is 3.52. The van der Waals surface area contributed by atoms with Crippen molar-refractivity contribution in [2.75, 3.05) is 13.1 Å². The minimum Gasteiger partial charge on any atom is -0.404 e. The van der Waals surface area contributed by atoms with Gasteiger partial charge in [0, 0.05) is 24.7 Å². The maximum Gasteiger partial charge on any atom is 0.433 e. The molecule has 1 N–H and O–H groups in total. The highest BCUT2D eigenvalue weighted by Gasteiger charge is 2.26. The highest BCUT2D eigenvalue weighted by molar-refractivity contribution is 5.17. The molecule has 6 nitrogen and oxygen atoms in total. The van der Waals surface area contributed by atoms with Crippen LogP contribution in [0.25, 0.3) is 0 Å². The summed E-state index contributed by atoms with van der Waals surface area (Å²) in [4.78, 5) is 12.5. The van der Waals surface area contributed by atoms with Crippen LogP contribution >= 0.6 is 0 Å². The number of nitrogens with one attached hydrogen (secondary N) is 1. The second kappa shape index (κ2) is 5.93. The van der Waals surface area contributed by atoms with Crippen LogP contribution in [0.5, 0.6) is 0 Å². The van der Waals surface area contributed by atoms with Crippen molar-refractivity contribution in [1.29, 1.82) is 0 Å². The monoisotopic (exact) mass is 281 g/mol. The van der Waals surface area contributed by atoms with Crippen LogP contribution in [0, 0.1) is 10.1 Å². The van der Waals surface area contributed by atoms with Crippen LogP contribution in [0.15, 0.2) is 16.5 Å². The number of piperidine rings is 1. The van der Waals surface area contributed by atoms with Gasteiger partial charge in [0.2, 0.25) is 0 Å². The van der Waals surface area contributed by atoms with Gasteiger partial charge < -0.3 is 9.73 Å². The summed E-state index contributed by atoms with van der Waals surface area (Å²) in [7, 11) is 0. The Hall–Kier alpha value is -1.40. The minimum absolute atomic E-state index is 0.190. The van der Waals surface area contributed by atoms with E-state index in [-0.39, 0.29) is 11.4 Å². The molecule has 1 aromatic rings. The van der Waals surface area contributed by atoms with Crippen molar-refractivity contribution in [1.82, 2.24) is 10.2 Å². The summed E-state index contributed by atoms with van der Waals surface area (Å²) in [5, 5.41) is 14.0. The van der Waals surface area contributed by atoms with Crippen molar-refractivity contribution < 1.29 is 9.34 Å². The van der Waals surface area contributed by atoms with Crippen molar-refractivity contribution >= 4 is 5.88 Å². The van der Waals surface area contributed by atoms with E-state index in [1.165, 1.54) is 6.07 Å². The Morgan fingerprint density at radius 1 is 1.40 bits per heavy atom. The molecule has 112 valence electrons. The summed E-state index contributed by atoms with van der Waals surface area (Å²) in [6.07, 6.45) is 2.19. The summed E-state index contributed by atoms with van der Waals surface area (Å²) >= 11 is 0. The molecule has 2 heterocycles. The van der Waals surface area contributed by atoms with Gasteiger partial charge in [-0.1, -0.05) is 0 Å². The first-order valence-corrected chi connectivity index (χ1v) is 7.08. The number of likely N-dealkylation sites (tertiary alicyclic amines) is 1. The van der Waals surface area contributed by atoms with Gasteiger partial charge in [0.1, 0.15) is 10.7 Å². The van der Waals surface area contributed by atoms with E-state index in [0.29, 0.717) is 18.3 Å². The lowest BCUT2D eigenvalue weighted by Gasteiger charge is -2.41. The molecule has 20 heavy (non-hydrogen) atoms. The summed E-state index contributed by atoms with van der Waals surface area (Å²) < 4.78 is 5.14. The highest BCUT2D eigenvalue weighted by atomic mass is 16.6. The van der Waals surface area contributed by atoms with Crippen molar-refractivity contribution in [3.05, 3.63) is 28.0 Å². The molecule has 0 unspecified atom stereocenters. The summed E-state index contributed by atoms with van der Waals surface area (Å²) in [6.45, 7) is 9.43. The molecule has 1 aromatic heterocycles. The number of rotatable bonds is 4. The molecule has 0 aromatic carbocycles. The second-order valence-electron chi connectivity index (χ2n) is 6.31. The van der Waals surface area contributed by atoms with E-state index in [1.807, 2.05) is 0 Å². The number of hydrogen-bond acceptors (Lipinski definition) is 5. The Morgan fingerprint density at radius 3 is 2.55 bits per heavy atom. The third kappa shape index (κ3) is 3.80. The van der Waals surface area contributed by atoms with Crippen LogP contribution < -0.4 is 5.32 Å². The van der Waals surface area contributed by atoms with Gasteiger partial charge in [0.05, 0.1) is 12.6 Å². The Kier molecular flexibility index (Phi) is 4.45. The van der Waals surface area contributed by atoms with Gasteiger partial charge in [-0.2, -0.15) is 0 Å². The average Bonchev–Trinajstić information content (AvgIpc) is 2.85. The fraction of sp³-hybridized carbons (Fsp3) is 0.714.